The first-order valence-electron chi connectivity index (χ1n) is 16.3. The maximum Gasteiger partial charge on any atom is 0.230 e. The van der Waals surface area contributed by atoms with Gasteiger partial charge in [0.2, 0.25) is 5.79 Å². The van der Waals surface area contributed by atoms with E-state index in [9.17, 15) is 15.3 Å². The van der Waals surface area contributed by atoms with Gasteiger partial charge in [-0.3, -0.25) is 0 Å². The van der Waals surface area contributed by atoms with Crippen LogP contribution in [0.1, 0.15) is 60.3 Å². The molecule has 14 atom stereocenters. The van der Waals surface area contributed by atoms with Gasteiger partial charge in [-0.1, -0.05) is 39.3 Å². The number of fused-ring (bicyclic) bond motifs is 3. The highest BCUT2D eigenvalue weighted by Gasteiger charge is 2.77. The van der Waals surface area contributed by atoms with E-state index >= 15 is 0 Å². The van der Waals surface area contributed by atoms with Crippen LogP contribution in [-0.4, -0.2) is 116 Å². The predicted molar refractivity (Wildman–Crippen MR) is 155 cm³/mol. The van der Waals surface area contributed by atoms with Crippen molar-refractivity contribution in [3.05, 3.63) is 22.8 Å². The number of ether oxygens (including phenoxy) is 8. The third-order valence-corrected chi connectivity index (χ3v) is 11.7. The highest BCUT2D eigenvalue weighted by Crippen LogP contribution is 2.59. The number of aliphatic hydroxyl groups excluding tert-OH is 2. The summed E-state index contributed by atoms with van der Waals surface area (Å²) in [6.07, 6.45) is -1.41. The topological polar surface area (TPSA) is 138 Å². The molecule has 1 saturated carbocycles. The summed E-state index contributed by atoms with van der Waals surface area (Å²) in [5, 5.41) is 35.7. The fourth-order valence-corrected chi connectivity index (χ4v) is 9.18. The van der Waals surface area contributed by atoms with Crippen molar-refractivity contribution in [2.24, 2.45) is 23.2 Å². The maximum absolute atomic E-state index is 12.2. The molecule has 4 heterocycles. The van der Waals surface area contributed by atoms with E-state index in [-0.39, 0.29) is 37.1 Å². The number of rotatable bonds is 8. The molecule has 0 aromatic carbocycles. The summed E-state index contributed by atoms with van der Waals surface area (Å²) in [6.45, 7) is 11.3. The molecule has 0 radical (unpaired) electrons. The maximum atomic E-state index is 12.2. The summed E-state index contributed by atoms with van der Waals surface area (Å²) in [5.41, 5.74) is 0.814. The van der Waals surface area contributed by atoms with Crippen LogP contribution in [-0.2, 0) is 37.9 Å². The molecular formula is C33H50O11. The molecule has 11 nitrogen and oxygen atoms in total. The summed E-state index contributed by atoms with van der Waals surface area (Å²) in [7, 11) is 3.19. The highest BCUT2D eigenvalue weighted by atomic mass is 16.9. The van der Waals surface area contributed by atoms with Crippen molar-refractivity contribution in [2.75, 3.05) is 34.0 Å². The summed E-state index contributed by atoms with van der Waals surface area (Å²) < 4.78 is 49.0. The Labute approximate surface area is 259 Å². The van der Waals surface area contributed by atoms with Gasteiger partial charge in [0.05, 0.1) is 25.9 Å². The fraction of sp³-hybridized carbons (Fsp3) is 0.879. The average Bonchev–Trinajstić information content (AvgIpc) is 3.48. The van der Waals surface area contributed by atoms with Gasteiger partial charge in [-0.25, -0.2) is 0 Å². The van der Waals surface area contributed by atoms with E-state index in [2.05, 4.69) is 26.8 Å². The second kappa shape index (κ2) is 10.8. The van der Waals surface area contributed by atoms with E-state index in [4.69, 9.17) is 37.9 Å². The minimum absolute atomic E-state index is 0.0440. The molecule has 5 unspecified atom stereocenters. The van der Waals surface area contributed by atoms with Crippen LogP contribution in [0.4, 0.5) is 0 Å². The summed E-state index contributed by atoms with van der Waals surface area (Å²) >= 11 is 0. The van der Waals surface area contributed by atoms with Crippen LogP contribution in [0.3, 0.4) is 0 Å². The number of aliphatic hydroxyl groups is 3. The molecule has 0 aromatic rings. The van der Waals surface area contributed by atoms with Gasteiger partial charge in [0, 0.05) is 19.6 Å². The molecule has 0 amide bonds. The van der Waals surface area contributed by atoms with Crippen LogP contribution < -0.4 is 0 Å². The van der Waals surface area contributed by atoms with E-state index < -0.39 is 65.5 Å². The lowest BCUT2D eigenvalue weighted by Crippen LogP contribution is -2.70. The van der Waals surface area contributed by atoms with Crippen molar-refractivity contribution in [3.63, 3.8) is 0 Å². The molecule has 3 N–H and O–H groups in total. The van der Waals surface area contributed by atoms with Crippen LogP contribution in [0.25, 0.3) is 0 Å². The molecule has 4 aliphatic heterocycles. The minimum atomic E-state index is -1.38. The molecule has 4 saturated heterocycles. The van der Waals surface area contributed by atoms with Crippen LogP contribution in [0, 0.1) is 23.2 Å². The smallest absolute Gasteiger partial charge is 0.230 e. The summed E-state index contributed by atoms with van der Waals surface area (Å²) in [6, 6.07) is 0. The average molecular weight is 623 g/mol. The molecule has 2 bridgehead atoms. The Balaban J connectivity index is 1.25. The van der Waals surface area contributed by atoms with Gasteiger partial charge in [-0.05, 0) is 61.5 Å². The third kappa shape index (κ3) is 4.49. The van der Waals surface area contributed by atoms with Crippen LogP contribution in [0.2, 0.25) is 0 Å². The van der Waals surface area contributed by atoms with Crippen LogP contribution in [0.5, 0.6) is 0 Å². The van der Waals surface area contributed by atoms with Crippen molar-refractivity contribution in [3.8, 4) is 0 Å². The first kappa shape index (κ1) is 31.6. The zero-order chi connectivity index (χ0) is 31.4. The zero-order valence-corrected chi connectivity index (χ0v) is 27.0. The molecule has 3 aliphatic carbocycles. The third-order valence-electron chi connectivity index (χ3n) is 11.7. The normalized spacial score (nSPS) is 54.1. The van der Waals surface area contributed by atoms with Gasteiger partial charge in [0.25, 0.3) is 0 Å². The Morgan fingerprint density at radius 2 is 1.82 bits per heavy atom. The number of hydrogen-bond acceptors (Lipinski definition) is 11. The van der Waals surface area contributed by atoms with E-state index in [1.165, 1.54) is 5.57 Å². The molecule has 5 fully saturated rings. The van der Waals surface area contributed by atoms with Crippen molar-refractivity contribution in [1.82, 2.24) is 0 Å². The Hall–Kier alpha value is -0.960. The Bertz CT molecular complexity index is 1200. The lowest BCUT2D eigenvalue weighted by molar-refractivity contribution is -0.385. The monoisotopic (exact) mass is 622 g/mol. The van der Waals surface area contributed by atoms with Gasteiger partial charge in [-0.2, -0.15) is 0 Å². The predicted octanol–water partition coefficient (Wildman–Crippen LogP) is 2.21. The number of epoxide rings is 1. The summed E-state index contributed by atoms with van der Waals surface area (Å²) in [4.78, 5) is 0. The van der Waals surface area contributed by atoms with E-state index in [1.807, 2.05) is 13.8 Å². The molecule has 7 rings (SSSR count). The lowest BCUT2D eigenvalue weighted by Gasteiger charge is -2.50. The second-order valence-electron chi connectivity index (χ2n) is 14.9. The van der Waals surface area contributed by atoms with E-state index in [1.54, 1.807) is 14.2 Å². The number of hydrogen-bond donors (Lipinski definition) is 3. The second-order valence-corrected chi connectivity index (χ2v) is 14.9. The van der Waals surface area contributed by atoms with Crippen molar-refractivity contribution < 1.29 is 53.2 Å². The van der Waals surface area contributed by atoms with Gasteiger partial charge >= 0.3 is 0 Å². The Morgan fingerprint density at radius 3 is 2.48 bits per heavy atom. The first-order chi connectivity index (χ1) is 20.8. The molecule has 11 heteroatoms. The number of methoxy groups -OCH3 is 2. The molecule has 44 heavy (non-hydrogen) atoms. The highest BCUT2D eigenvalue weighted by molar-refractivity contribution is 5.42. The molecular weight excluding hydrogens is 572 g/mol. The molecule has 1 spiro atoms. The Morgan fingerprint density at radius 1 is 1.07 bits per heavy atom. The van der Waals surface area contributed by atoms with Gasteiger partial charge in [0.1, 0.15) is 41.7 Å². The number of allylic oxidation sites excluding steroid dienone is 2. The van der Waals surface area contributed by atoms with Crippen LogP contribution >= 0.6 is 0 Å². The summed E-state index contributed by atoms with van der Waals surface area (Å²) in [5.74, 6) is -1.45. The molecule has 248 valence electrons. The minimum Gasteiger partial charge on any atom is -0.390 e. The largest absolute Gasteiger partial charge is 0.390 e. The van der Waals surface area contributed by atoms with Crippen molar-refractivity contribution >= 4 is 0 Å². The van der Waals surface area contributed by atoms with Gasteiger partial charge in [0.15, 0.2) is 12.6 Å². The SMILES string of the molecule is COCC1O[C@H](O[C@@H]2C3=C(C(C)C)CC[C@]3(C)/C=C3\[C@@H](CC[C@]3(O)COC)[C@@H](C)[C@H]2O)C(O)C2OC3O[C@]12O[C@@]3(C)C1CO1. The zero-order valence-electron chi connectivity index (χ0n) is 27.0. The Kier molecular flexibility index (Phi) is 7.75. The van der Waals surface area contributed by atoms with Gasteiger partial charge < -0.3 is 53.2 Å². The standard InChI is InChI=1S/C33H50O11/c1-16(2)18-8-10-30(4)12-20-19(9-11-32(20,36)15-38-7)17(3)24(34)26(23(18)30)41-28-25(35)27-33(22(40-28)13-37-6)43-29(42-27)31(5,44-33)21-14-39-21/h12,16-17,19,21-22,24-29,34-36H,8-11,13-15H2,1-7H3/b20-12+/t17-,19+,21?,22?,24-,25?,26-,27?,28-,29?,30-,31+,32+,33+/m1/s1. The van der Waals surface area contributed by atoms with Gasteiger partial charge in [-0.15, -0.1) is 0 Å². The fourth-order valence-electron chi connectivity index (χ4n) is 9.18. The molecule has 7 aliphatic rings. The molecule has 0 aromatic heterocycles. The van der Waals surface area contributed by atoms with Crippen LogP contribution in [0.15, 0.2) is 22.8 Å². The first-order valence-corrected chi connectivity index (χ1v) is 16.3. The van der Waals surface area contributed by atoms with Crippen molar-refractivity contribution in [2.45, 2.75) is 126 Å². The quantitative estimate of drug-likeness (QED) is 0.271. The lowest BCUT2D eigenvalue weighted by atomic mass is 9.68. The van der Waals surface area contributed by atoms with E-state index in [0.717, 1.165) is 30.4 Å². The van der Waals surface area contributed by atoms with Crippen molar-refractivity contribution in [1.29, 1.82) is 0 Å². The van der Waals surface area contributed by atoms with E-state index in [0.29, 0.717) is 13.0 Å².